The molecule has 3 aromatic rings. The molecule has 0 bridgehead atoms. The number of benzene rings is 2. The minimum Gasteiger partial charge on any atom is -0.491 e. The number of rotatable bonds is 6. The van der Waals surface area contributed by atoms with Crippen LogP contribution in [0.2, 0.25) is 0 Å². The molecule has 1 aliphatic rings. The summed E-state index contributed by atoms with van der Waals surface area (Å²) in [5.41, 5.74) is 6.88. The minimum absolute atomic E-state index is 0.000947. The molecule has 4 rings (SSSR count). The number of carbonyl (C=O) groups is 1. The highest BCUT2D eigenvalue weighted by Gasteiger charge is 2.32. The van der Waals surface area contributed by atoms with Crippen LogP contribution in [0.25, 0.3) is 22.6 Å². The summed E-state index contributed by atoms with van der Waals surface area (Å²) in [6, 6.07) is 13.6. The van der Waals surface area contributed by atoms with Gasteiger partial charge in [0.1, 0.15) is 11.3 Å². The van der Waals surface area contributed by atoms with Crippen molar-refractivity contribution in [1.82, 2.24) is 10.4 Å². The van der Waals surface area contributed by atoms with E-state index in [1.165, 1.54) is 0 Å². The van der Waals surface area contributed by atoms with Gasteiger partial charge >= 0.3 is 0 Å². The molecule has 2 heterocycles. The van der Waals surface area contributed by atoms with E-state index in [0.29, 0.717) is 11.5 Å². The molecule has 1 N–H and O–H groups in total. The van der Waals surface area contributed by atoms with Crippen molar-refractivity contribution in [2.75, 3.05) is 0 Å². The highest BCUT2D eigenvalue weighted by Crippen LogP contribution is 2.30. The third-order valence-corrected chi connectivity index (χ3v) is 5.42. The normalized spacial score (nSPS) is 19.1. The molecular weight excluding hydrogens is 378 g/mol. The Kier molecular flexibility index (Phi) is 5.57. The fourth-order valence-electron chi connectivity index (χ4n) is 3.89. The van der Waals surface area contributed by atoms with Crippen molar-refractivity contribution in [3.05, 3.63) is 48.0 Å². The summed E-state index contributed by atoms with van der Waals surface area (Å²) in [6.07, 6.45) is 1.93. The van der Waals surface area contributed by atoms with E-state index in [1.54, 1.807) is 0 Å². The Hall–Kier alpha value is -3.15. The first-order valence-corrected chi connectivity index (χ1v) is 10.5. The molecular formula is C24H27N3O3. The van der Waals surface area contributed by atoms with Crippen LogP contribution in [-0.2, 0) is 4.79 Å². The predicted octanol–water partition coefficient (Wildman–Crippen LogP) is 5.17. The molecule has 0 saturated heterocycles. The van der Waals surface area contributed by atoms with Crippen LogP contribution in [0.1, 0.15) is 46.1 Å². The summed E-state index contributed by atoms with van der Waals surface area (Å²) >= 11 is 0. The molecule has 6 nitrogen and oxygen atoms in total. The zero-order valence-corrected chi connectivity index (χ0v) is 17.8. The van der Waals surface area contributed by atoms with Crippen molar-refractivity contribution in [3.63, 3.8) is 0 Å². The standard InChI is InChI=1S/C24H27N3O3/c1-5-6-19-15(4)22(26-27-23(19)28)17-9-12-20-21(13-17)30-24(25-20)16-7-10-18(11-8-16)29-14(2)3/h7-15,19H,5-6H2,1-4H3,(H,27,28). The first kappa shape index (κ1) is 20.1. The average molecular weight is 405 g/mol. The number of ether oxygens (including phenoxy) is 1. The molecule has 2 atom stereocenters. The minimum atomic E-state index is -0.0601. The molecule has 6 heteroatoms. The Labute approximate surface area is 176 Å². The molecule has 1 aliphatic heterocycles. The van der Waals surface area contributed by atoms with Gasteiger partial charge in [-0.15, -0.1) is 0 Å². The second kappa shape index (κ2) is 8.30. The van der Waals surface area contributed by atoms with E-state index >= 15 is 0 Å². The first-order valence-electron chi connectivity index (χ1n) is 10.5. The van der Waals surface area contributed by atoms with Crippen molar-refractivity contribution >= 4 is 22.7 Å². The number of hydrogen-bond donors (Lipinski definition) is 1. The van der Waals surface area contributed by atoms with Crippen molar-refractivity contribution in [2.24, 2.45) is 16.9 Å². The SMILES string of the molecule is CCCC1C(=O)NN=C(c2ccc3nc(-c4ccc(OC(C)C)cc4)oc3c2)C1C. The second-order valence-electron chi connectivity index (χ2n) is 8.05. The van der Waals surface area contributed by atoms with E-state index in [-0.39, 0.29) is 23.8 Å². The Morgan fingerprint density at radius 1 is 1.13 bits per heavy atom. The maximum absolute atomic E-state index is 12.2. The summed E-state index contributed by atoms with van der Waals surface area (Å²) in [6.45, 7) is 8.16. The molecule has 0 aliphatic carbocycles. The van der Waals surface area contributed by atoms with E-state index in [2.05, 4.69) is 29.4 Å². The summed E-state index contributed by atoms with van der Waals surface area (Å²) in [5.74, 6) is 1.37. The van der Waals surface area contributed by atoms with Gasteiger partial charge in [-0.1, -0.05) is 26.3 Å². The van der Waals surface area contributed by atoms with Gasteiger partial charge in [-0.05, 0) is 56.7 Å². The number of amides is 1. The third-order valence-electron chi connectivity index (χ3n) is 5.42. The number of nitrogens with one attached hydrogen (secondary N) is 1. The number of nitrogens with zero attached hydrogens (tertiary/aromatic N) is 2. The van der Waals surface area contributed by atoms with Crippen LogP contribution in [0, 0.1) is 11.8 Å². The quantitative estimate of drug-likeness (QED) is 0.614. The molecule has 2 unspecified atom stereocenters. The second-order valence-corrected chi connectivity index (χ2v) is 8.05. The lowest BCUT2D eigenvalue weighted by atomic mass is 9.82. The van der Waals surface area contributed by atoms with Crippen LogP contribution in [0.15, 0.2) is 52.0 Å². The van der Waals surface area contributed by atoms with E-state index in [1.807, 2.05) is 56.3 Å². The third kappa shape index (κ3) is 3.95. The van der Waals surface area contributed by atoms with Gasteiger partial charge in [0.25, 0.3) is 0 Å². The fraction of sp³-hybridized carbons (Fsp3) is 0.375. The molecule has 0 radical (unpaired) electrons. The van der Waals surface area contributed by atoms with Crippen LogP contribution in [0.5, 0.6) is 5.75 Å². The van der Waals surface area contributed by atoms with Crippen molar-refractivity contribution in [1.29, 1.82) is 0 Å². The smallest absolute Gasteiger partial charge is 0.243 e. The zero-order valence-electron chi connectivity index (χ0n) is 17.8. The monoisotopic (exact) mass is 405 g/mol. The van der Waals surface area contributed by atoms with Crippen LogP contribution >= 0.6 is 0 Å². The van der Waals surface area contributed by atoms with Gasteiger partial charge in [-0.25, -0.2) is 10.4 Å². The summed E-state index contributed by atoms with van der Waals surface area (Å²) < 4.78 is 11.7. The maximum Gasteiger partial charge on any atom is 0.243 e. The van der Waals surface area contributed by atoms with Gasteiger partial charge in [0.15, 0.2) is 5.58 Å². The van der Waals surface area contributed by atoms with Crippen molar-refractivity contribution in [3.8, 4) is 17.2 Å². The molecule has 1 aromatic heterocycles. The number of fused-ring (bicyclic) bond motifs is 1. The van der Waals surface area contributed by atoms with Crippen molar-refractivity contribution in [2.45, 2.75) is 46.6 Å². The van der Waals surface area contributed by atoms with Gasteiger partial charge in [-0.3, -0.25) is 4.79 Å². The maximum atomic E-state index is 12.2. The summed E-state index contributed by atoms with van der Waals surface area (Å²) in [7, 11) is 0. The Balaban J connectivity index is 1.62. The lowest BCUT2D eigenvalue weighted by Crippen LogP contribution is -2.40. The average Bonchev–Trinajstić information content (AvgIpc) is 3.14. The van der Waals surface area contributed by atoms with Crippen LogP contribution in [0.4, 0.5) is 0 Å². The molecule has 156 valence electrons. The topological polar surface area (TPSA) is 76.7 Å². The number of carbonyl (C=O) groups excluding carboxylic acids is 1. The van der Waals surface area contributed by atoms with Crippen molar-refractivity contribution < 1.29 is 13.9 Å². The Morgan fingerprint density at radius 2 is 1.87 bits per heavy atom. The van der Waals surface area contributed by atoms with Gasteiger partial charge in [-0.2, -0.15) is 5.10 Å². The Bertz CT molecular complexity index is 1080. The first-order chi connectivity index (χ1) is 14.5. The number of oxazole rings is 1. The predicted molar refractivity (Wildman–Crippen MR) is 117 cm³/mol. The molecule has 2 aromatic carbocycles. The lowest BCUT2D eigenvalue weighted by Gasteiger charge is -2.27. The largest absolute Gasteiger partial charge is 0.491 e. The van der Waals surface area contributed by atoms with Crippen LogP contribution in [-0.4, -0.2) is 22.7 Å². The summed E-state index contributed by atoms with van der Waals surface area (Å²) in [4.78, 5) is 16.8. The van der Waals surface area contributed by atoms with Gasteiger partial charge < -0.3 is 9.15 Å². The molecule has 0 spiro atoms. The molecule has 0 saturated carbocycles. The number of aromatic nitrogens is 1. The summed E-state index contributed by atoms with van der Waals surface area (Å²) in [5, 5.41) is 4.34. The number of hydrazone groups is 1. The van der Waals surface area contributed by atoms with E-state index in [0.717, 1.165) is 40.9 Å². The van der Waals surface area contributed by atoms with Gasteiger partial charge in [0.05, 0.1) is 11.8 Å². The molecule has 30 heavy (non-hydrogen) atoms. The van der Waals surface area contributed by atoms with Gasteiger partial charge in [0.2, 0.25) is 11.8 Å². The van der Waals surface area contributed by atoms with E-state index in [9.17, 15) is 4.79 Å². The highest BCUT2D eigenvalue weighted by molar-refractivity contribution is 6.07. The fourth-order valence-corrected chi connectivity index (χ4v) is 3.89. The zero-order chi connectivity index (χ0) is 21.3. The molecule has 0 fully saturated rings. The van der Waals surface area contributed by atoms with E-state index < -0.39 is 0 Å². The van der Waals surface area contributed by atoms with Crippen LogP contribution < -0.4 is 10.2 Å². The lowest BCUT2D eigenvalue weighted by molar-refractivity contribution is -0.126. The van der Waals surface area contributed by atoms with Gasteiger partial charge in [0, 0.05) is 23.0 Å². The number of hydrogen-bond acceptors (Lipinski definition) is 5. The highest BCUT2D eigenvalue weighted by atomic mass is 16.5. The van der Waals surface area contributed by atoms with E-state index in [4.69, 9.17) is 9.15 Å². The molecule has 1 amide bonds. The Morgan fingerprint density at radius 3 is 2.57 bits per heavy atom. The van der Waals surface area contributed by atoms with Crippen LogP contribution in [0.3, 0.4) is 0 Å².